The molecule has 0 aliphatic heterocycles. The first-order chi connectivity index (χ1) is 19.7. The van der Waals surface area contributed by atoms with E-state index in [4.69, 9.17) is 0 Å². The van der Waals surface area contributed by atoms with Crippen LogP contribution in [-0.4, -0.2) is 42.3 Å². The van der Waals surface area contributed by atoms with Crippen LogP contribution in [0, 0.1) is 20.8 Å². The molecule has 2 amide bonds. The molecule has 3 aromatic carbocycles. The number of carbonyl (C=O) groups excluding carboxylic acids is 1. The van der Waals surface area contributed by atoms with Crippen molar-refractivity contribution in [2.24, 2.45) is 12.0 Å². The van der Waals surface area contributed by atoms with Crippen LogP contribution in [0.5, 0.6) is 0 Å². The summed E-state index contributed by atoms with van der Waals surface area (Å²) in [7, 11) is 1.79. The number of fused-ring (bicyclic) bond motifs is 1. The largest absolute Gasteiger partial charge is 0.463 e. The first-order valence-electron chi connectivity index (χ1n) is 13.6. The molecular weight excluding hydrogens is 516 g/mol. The second kappa shape index (κ2) is 11.7. The molecule has 0 saturated carbocycles. The minimum Gasteiger partial charge on any atom is -0.463 e. The van der Waals surface area contributed by atoms with Gasteiger partial charge in [-0.3, -0.25) is 4.79 Å². The van der Waals surface area contributed by atoms with Gasteiger partial charge in [-0.1, -0.05) is 71.8 Å². The van der Waals surface area contributed by atoms with Crippen molar-refractivity contribution in [2.75, 3.05) is 6.54 Å². The second-order valence-electron chi connectivity index (χ2n) is 10.5. The van der Waals surface area contributed by atoms with Gasteiger partial charge in [-0.05, 0) is 50.5 Å². The summed E-state index contributed by atoms with van der Waals surface area (Å²) in [5.41, 5.74) is 7.52. The lowest BCUT2D eigenvalue weighted by Gasteiger charge is -2.21. The monoisotopic (exact) mass is 550 g/mol. The third-order valence-corrected chi connectivity index (χ3v) is 7.34. The van der Waals surface area contributed by atoms with Gasteiger partial charge in [0.2, 0.25) is 5.62 Å². The van der Waals surface area contributed by atoms with E-state index in [0.29, 0.717) is 30.0 Å². The Bertz CT molecular complexity index is 1760. The number of nitrogens with zero attached hydrogens (tertiary/aromatic N) is 5. The van der Waals surface area contributed by atoms with Gasteiger partial charge in [-0.25, -0.2) is 9.78 Å². The number of imidazole rings is 2. The van der Waals surface area contributed by atoms with Crippen molar-refractivity contribution in [3.05, 3.63) is 118 Å². The van der Waals surface area contributed by atoms with Gasteiger partial charge in [0.15, 0.2) is 0 Å². The van der Waals surface area contributed by atoms with Gasteiger partial charge in [0, 0.05) is 13.6 Å². The van der Waals surface area contributed by atoms with Crippen LogP contribution in [0.15, 0.2) is 84.1 Å². The van der Waals surface area contributed by atoms with Crippen molar-refractivity contribution in [1.29, 1.82) is 0 Å². The number of para-hydroxylation sites is 2. The minimum absolute atomic E-state index is 0.239. The number of benzene rings is 3. The van der Waals surface area contributed by atoms with E-state index < -0.39 is 6.09 Å². The molecule has 210 valence electrons. The summed E-state index contributed by atoms with van der Waals surface area (Å²) in [6, 6.07) is 23.9. The summed E-state index contributed by atoms with van der Waals surface area (Å²) < 4.78 is 5.59. The molecule has 2 heterocycles. The third-order valence-electron chi connectivity index (χ3n) is 7.34. The number of nitrogens with one attached hydrogen (secondary N) is 1. The molecule has 0 saturated heterocycles. The summed E-state index contributed by atoms with van der Waals surface area (Å²) in [6.45, 7) is 6.57. The average Bonchev–Trinajstić information content (AvgIpc) is 3.44. The van der Waals surface area contributed by atoms with E-state index in [1.165, 1.54) is 0 Å². The molecule has 5 rings (SSSR count). The van der Waals surface area contributed by atoms with Gasteiger partial charge in [0.25, 0.3) is 5.91 Å². The normalized spacial score (nSPS) is 12.5. The molecule has 1 atom stereocenters. The number of aromatic nitrogens is 4. The second-order valence-corrected chi connectivity index (χ2v) is 10.5. The van der Waals surface area contributed by atoms with Crippen LogP contribution in [0.1, 0.15) is 44.5 Å². The minimum atomic E-state index is -1.28. The van der Waals surface area contributed by atoms with Gasteiger partial charge in [-0.2, -0.15) is 0 Å². The Hall–Kier alpha value is -4.92. The number of hydrogen-bond donors (Lipinski definition) is 2. The average molecular weight is 551 g/mol. The maximum atomic E-state index is 13.3. The fourth-order valence-electron chi connectivity index (χ4n) is 5.25. The van der Waals surface area contributed by atoms with Crippen molar-refractivity contribution in [3.8, 4) is 0 Å². The van der Waals surface area contributed by atoms with Crippen LogP contribution in [0.3, 0.4) is 0 Å². The molecule has 41 heavy (non-hydrogen) atoms. The Kier molecular flexibility index (Phi) is 7.87. The summed E-state index contributed by atoms with van der Waals surface area (Å²) in [6.07, 6.45) is 0.886. The van der Waals surface area contributed by atoms with Gasteiger partial charge in [0.05, 0.1) is 35.6 Å². The summed E-state index contributed by atoms with van der Waals surface area (Å²) in [5, 5.41) is 13.0. The van der Waals surface area contributed by atoms with Crippen LogP contribution in [-0.2, 0) is 20.0 Å². The highest BCUT2D eigenvalue weighted by atomic mass is 16.4. The highest BCUT2D eigenvalue weighted by Gasteiger charge is 2.23. The van der Waals surface area contributed by atoms with E-state index in [-0.39, 0.29) is 18.5 Å². The molecular formula is C32H34N6O3. The fourth-order valence-corrected chi connectivity index (χ4v) is 5.25. The molecule has 2 aromatic heterocycles. The molecule has 0 fully saturated rings. The number of carbonyl (C=O) groups is 2. The van der Waals surface area contributed by atoms with Gasteiger partial charge in [-0.15, -0.1) is 4.99 Å². The maximum Gasteiger partial charge on any atom is 0.434 e. The zero-order valence-electron chi connectivity index (χ0n) is 23.7. The highest BCUT2D eigenvalue weighted by molar-refractivity contribution is 5.93. The Morgan fingerprint density at radius 3 is 2.10 bits per heavy atom. The van der Waals surface area contributed by atoms with E-state index >= 15 is 0 Å². The molecule has 5 aromatic rings. The van der Waals surface area contributed by atoms with Crippen LogP contribution < -0.4 is 10.9 Å². The van der Waals surface area contributed by atoms with Crippen molar-refractivity contribution in [1.82, 2.24) is 24.0 Å². The predicted molar refractivity (Wildman–Crippen MR) is 158 cm³/mol. The standard InChI is InChI=1S/C32H34N6O3/c1-21-9-13-24(14-10-21)17-26(18-33-30(39)29-23(3)34-20-36(29)4)38-28-8-6-5-7-27(28)37(31(38)35-32(40)41)19-25-15-11-22(2)12-16-25/h5-16,20,26H,17-19H2,1-4H3,(H,33,39)(H,40,41). The molecule has 1 unspecified atom stereocenters. The van der Waals surface area contributed by atoms with Gasteiger partial charge >= 0.3 is 6.09 Å². The van der Waals surface area contributed by atoms with Crippen molar-refractivity contribution < 1.29 is 14.7 Å². The summed E-state index contributed by atoms with van der Waals surface area (Å²) in [5.74, 6) is -0.239. The Balaban J connectivity index is 1.65. The number of amides is 2. The molecule has 0 radical (unpaired) electrons. The van der Waals surface area contributed by atoms with E-state index in [9.17, 15) is 14.7 Å². The highest BCUT2D eigenvalue weighted by Crippen LogP contribution is 2.22. The molecule has 2 N–H and O–H groups in total. The van der Waals surface area contributed by atoms with Crippen LogP contribution >= 0.6 is 0 Å². The Morgan fingerprint density at radius 2 is 1.51 bits per heavy atom. The lowest BCUT2D eigenvalue weighted by Crippen LogP contribution is -2.38. The van der Waals surface area contributed by atoms with Crippen molar-refractivity contribution in [3.63, 3.8) is 0 Å². The first kappa shape index (κ1) is 27.6. The topological polar surface area (TPSA) is 106 Å². The summed E-state index contributed by atoms with van der Waals surface area (Å²) >= 11 is 0. The fraction of sp³-hybridized carbons (Fsp3) is 0.250. The van der Waals surface area contributed by atoms with Crippen LogP contribution in [0.4, 0.5) is 4.79 Å². The predicted octanol–water partition coefficient (Wildman–Crippen LogP) is 4.94. The number of hydrogen-bond acceptors (Lipinski definition) is 3. The molecule has 9 nitrogen and oxygen atoms in total. The SMILES string of the molecule is Cc1ccc(CC(CNC(=O)c2c(C)ncn2C)n2c(=NC(=O)O)n(Cc3ccc(C)cc3)c3ccccc32)cc1. The smallest absolute Gasteiger partial charge is 0.434 e. The van der Waals surface area contributed by atoms with Gasteiger partial charge in [0.1, 0.15) is 5.69 Å². The van der Waals surface area contributed by atoms with E-state index in [1.807, 2.05) is 71.5 Å². The van der Waals surface area contributed by atoms with Crippen molar-refractivity contribution in [2.45, 2.75) is 39.8 Å². The molecule has 0 spiro atoms. The quantitative estimate of drug-likeness (QED) is 0.285. The molecule has 9 heteroatoms. The number of rotatable bonds is 8. The number of aryl methyl sites for hydroxylation is 4. The van der Waals surface area contributed by atoms with Crippen LogP contribution in [0.2, 0.25) is 0 Å². The Morgan fingerprint density at radius 1 is 0.902 bits per heavy atom. The molecule has 0 aliphatic carbocycles. The lowest BCUT2D eigenvalue weighted by molar-refractivity contribution is 0.0938. The maximum absolute atomic E-state index is 13.3. The van der Waals surface area contributed by atoms with Gasteiger partial charge < -0.3 is 24.1 Å². The van der Waals surface area contributed by atoms with Crippen molar-refractivity contribution >= 4 is 23.0 Å². The Labute approximate surface area is 238 Å². The zero-order valence-corrected chi connectivity index (χ0v) is 23.7. The zero-order chi connectivity index (χ0) is 29.1. The van der Waals surface area contributed by atoms with E-state index in [0.717, 1.165) is 33.3 Å². The first-order valence-corrected chi connectivity index (χ1v) is 13.6. The third kappa shape index (κ3) is 5.99. The van der Waals surface area contributed by atoms with Crippen LogP contribution in [0.25, 0.3) is 11.0 Å². The molecule has 0 bridgehead atoms. The number of carboxylic acid groups (broad SMARTS) is 1. The lowest BCUT2D eigenvalue weighted by atomic mass is 10.0. The summed E-state index contributed by atoms with van der Waals surface area (Å²) in [4.78, 5) is 33.7. The van der Waals surface area contributed by atoms with E-state index in [1.54, 1.807) is 24.9 Å². The molecule has 0 aliphatic rings. The van der Waals surface area contributed by atoms with E-state index in [2.05, 4.69) is 39.6 Å².